The number of nitro groups is 1. The van der Waals surface area contributed by atoms with Crippen LogP contribution >= 0.6 is 11.9 Å². The van der Waals surface area contributed by atoms with Crippen molar-refractivity contribution in [3.63, 3.8) is 0 Å². The fourth-order valence-electron chi connectivity index (χ4n) is 1.47. The van der Waals surface area contributed by atoms with Crippen LogP contribution in [0.1, 0.15) is 20.3 Å². The zero-order chi connectivity index (χ0) is 13.5. The molecular formula is C12H16N2O3S. The van der Waals surface area contributed by atoms with Crippen LogP contribution in [-0.4, -0.2) is 17.3 Å². The second kappa shape index (κ2) is 7.13. The molecule has 1 aromatic carbocycles. The van der Waals surface area contributed by atoms with E-state index in [2.05, 4.69) is 4.72 Å². The highest BCUT2D eigenvalue weighted by atomic mass is 32.2. The zero-order valence-corrected chi connectivity index (χ0v) is 11.1. The predicted molar refractivity (Wildman–Crippen MR) is 71.4 cm³/mol. The highest BCUT2D eigenvalue weighted by Gasteiger charge is 2.15. The SMILES string of the molecule is CC(C)C[C@@H](C=O)NSc1ccccc1[N+](=O)[O-]. The van der Waals surface area contributed by atoms with Gasteiger partial charge in [0.25, 0.3) is 5.69 Å². The maximum absolute atomic E-state index is 10.9. The zero-order valence-electron chi connectivity index (χ0n) is 10.3. The molecule has 18 heavy (non-hydrogen) atoms. The Kier molecular flexibility index (Phi) is 5.80. The average Bonchev–Trinajstić information content (AvgIpc) is 2.34. The van der Waals surface area contributed by atoms with E-state index >= 15 is 0 Å². The number of para-hydroxylation sites is 1. The van der Waals surface area contributed by atoms with Gasteiger partial charge in [-0.2, -0.15) is 0 Å². The van der Waals surface area contributed by atoms with Crippen LogP contribution < -0.4 is 4.72 Å². The van der Waals surface area contributed by atoms with Gasteiger partial charge in [0, 0.05) is 6.07 Å². The topological polar surface area (TPSA) is 72.2 Å². The summed E-state index contributed by atoms with van der Waals surface area (Å²) in [4.78, 5) is 21.8. The highest BCUT2D eigenvalue weighted by molar-refractivity contribution is 7.97. The molecule has 1 rings (SSSR count). The Bertz CT molecular complexity index is 424. The van der Waals surface area contributed by atoms with Crippen LogP contribution in [0.5, 0.6) is 0 Å². The van der Waals surface area contributed by atoms with E-state index in [4.69, 9.17) is 0 Å². The Morgan fingerprint density at radius 3 is 2.67 bits per heavy atom. The summed E-state index contributed by atoms with van der Waals surface area (Å²) < 4.78 is 2.96. The lowest BCUT2D eigenvalue weighted by molar-refractivity contribution is -0.387. The molecule has 0 fully saturated rings. The van der Waals surface area contributed by atoms with Gasteiger partial charge in [-0.15, -0.1) is 0 Å². The van der Waals surface area contributed by atoms with Gasteiger partial charge in [-0.3, -0.25) is 10.1 Å². The Morgan fingerprint density at radius 2 is 2.11 bits per heavy atom. The van der Waals surface area contributed by atoms with Crippen LogP contribution in [0, 0.1) is 16.0 Å². The molecule has 0 saturated heterocycles. The highest BCUT2D eigenvalue weighted by Crippen LogP contribution is 2.27. The fourth-order valence-corrected chi connectivity index (χ4v) is 2.30. The number of carbonyl (C=O) groups excluding carboxylic acids is 1. The predicted octanol–water partition coefficient (Wildman–Crippen LogP) is 2.81. The molecule has 0 radical (unpaired) electrons. The van der Waals surface area contributed by atoms with Crippen molar-refractivity contribution in [3.05, 3.63) is 34.4 Å². The normalized spacial score (nSPS) is 12.4. The molecule has 6 heteroatoms. The molecule has 0 saturated carbocycles. The molecule has 0 aromatic heterocycles. The van der Waals surface area contributed by atoms with Crippen molar-refractivity contribution in [2.24, 2.45) is 5.92 Å². The Morgan fingerprint density at radius 1 is 1.44 bits per heavy atom. The summed E-state index contributed by atoms with van der Waals surface area (Å²) in [5.74, 6) is 0.388. The lowest BCUT2D eigenvalue weighted by Gasteiger charge is -2.13. The molecule has 0 aliphatic carbocycles. The number of hydrogen-bond donors (Lipinski definition) is 1. The molecule has 0 aliphatic heterocycles. The molecule has 0 aliphatic rings. The van der Waals surface area contributed by atoms with E-state index in [-0.39, 0.29) is 11.7 Å². The van der Waals surface area contributed by atoms with Crippen molar-refractivity contribution in [3.8, 4) is 0 Å². The quantitative estimate of drug-likeness (QED) is 0.356. The van der Waals surface area contributed by atoms with Crippen molar-refractivity contribution < 1.29 is 9.72 Å². The Labute approximate surface area is 110 Å². The summed E-state index contributed by atoms with van der Waals surface area (Å²) >= 11 is 1.13. The number of nitro benzene ring substituents is 1. The van der Waals surface area contributed by atoms with Crippen molar-refractivity contribution in [1.82, 2.24) is 4.72 Å². The third kappa shape index (κ3) is 4.46. The molecule has 0 spiro atoms. The molecule has 5 nitrogen and oxygen atoms in total. The number of carbonyl (C=O) groups is 1. The van der Waals surface area contributed by atoms with Gasteiger partial charge < -0.3 is 4.79 Å². The van der Waals surface area contributed by atoms with Gasteiger partial charge in [-0.1, -0.05) is 26.0 Å². The van der Waals surface area contributed by atoms with E-state index in [1.807, 2.05) is 13.8 Å². The molecule has 0 heterocycles. The molecule has 1 atom stereocenters. The first kappa shape index (κ1) is 14.7. The van der Waals surface area contributed by atoms with Gasteiger partial charge in [0.2, 0.25) is 0 Å². The van der Waals surface area contributed by atoms with Crippen LogP contribution in [0.2, 0.25) is 0 Å². The molecule has 98 valence electrons. The summed E-state index contributed by atoms with van der Waals surface area (Å²) in [7, 11) is 0. The van der Waals surface area contributed by atoms with E-state index in [0.717, 1.165) is 18.2 Å². The van der Waals surface area contributed by atoms with Gasteiger partial charge >= 0.3 is 0 Å². The maximum Gasteiger partial charge on any atom is 0.284 e. The smallest absolute Gasteiger partial charge is 0.284 e. The number of nitrogens with one attached hydrogen (secondary N) is 1. The summed E-state index contributed by atoms with van der Waals surface area (Å²) in [5, 5.41) is 10.8. The molecule has 0 amide bonds. The van der Waals surface area contributed by atoms with Crippen molar-refractivity contribution >= 4 is 23.9 Å². The number of benzene rings is 1. The average molecular weight is 268 g/mol. The minimum absolute atomic E-state index is 0.0456. The summed E-state index contributed by atoms with van der Waals surface area (Å²) in [6.07, 6.45) is 1.54. The van der Waals surface area contributed by atoms with Crippen LogP contribution in [0.25, 0.3) is 0 Å². The van der Waals surface area contributed by atoms with Crippen molar-refractivity contribution in [1.29, 1.82) is 0 Å². The van der Waals surface area contributed by atoms with Crippen LogP contribution in [0.15, 0.2) is 29.2 Å². The van der Waals surface area contributed by atoms with E-state index < -0.39 is 4.92 Å². The number of aldehydes is 1. The lowest BCUT2D eigenvalue weighted by Crippen LogP contribution is -2.26. The molecule has 1 N–H and O–H groups in total. The monoisotopic (exact) mass is 268 g/mol. The van der Waals surface area contributed by atoms with Crippen LogP contribution in [-0.2, 0) is 4.79 Å². The molecule has 0 unspecified atom stereocenters. The van der Waals surface area contributed by atoms with Gasteiger partial charge in [-0.25, -0.2) is 4.72 Å². The first-order chi connectivity index (χ1) is 8.54. The second-order valence-electron chi connectivity index (χ2n) is 4.32. The first-order valence-corrected chi connectivity index (χ1v) is 6.47. The third-order valence-corrected chi connectivity index (χ3v) is 3.26. The van der Waals surface area contributed by atoms with Gasteiger partial charge in [0.15, 0.2) is 0 Å². The van der Waals surface area contributed by atoms with Gasteiger partial charge in [-0.05, 0) is 30.4 Å². The second-order valence-corrected chi connectivity index (χ2v) is 5.20. The van der Waals surface area contributed by atoms with E-state index in [1.54, 1.807) is 18.2 Å². The van der Waals surface area contributed by atoms with E-state index in [1.165, 1.54) is 6.07 Å². The number of rotatable bonds is 7. The van der Waals surface area contributed by atoms with Gasteiger partial charge in [0.05, 0.1) is 11.0 Å². The molecular weight excluding hydrogens is 252 g/mol. The van der Waals surface area contributed by atoms with Crippen LogP contribution in [0.3, 0.4) is 0 Å². The minimum atomic E-state index is -0.428. The summed E-state index contributed by atoms with van der Waals surface area (Å²) in [6, 6.07) is 6.16. The van der Waals surface area contributed by atoms with E-state index in [0.29, 0.717) is 17.2 Å². The minimum Gasteiger partial charge on any atom is -0.302 e. The number of hydrogen-bond acceptors (Lipinski definition) is 5. The molecule has 1 aromatic rings. The fraction of sp³-hybridized carbons (Fsp3) is 0.417. The Hall–Kier alpha value is -1.40. The van der Waals surface area contributed by atoms with E-state index in [9.17, 15) is 14.9 Å². The van der Waals surface area contributed by atoms with Crippen molar-refractivity contribution in [2.45, 2.75) is 31.2 Å². The summed E-state index contributed by atoms with van der Waals surface area (Å²) in [6.45, 7) is 4.04. The maximum atomic E-state index is 10.9. The lowest BCUT2D eigenvalue weighted by atomic mass is 10.1. The Balaban J connectivity index is 2.67. The largest absolute Gasteiger partial charge is 0.302 e. The molecule has 0 bridgehead atoms. The van der Waals surface area contributed by atoms with Crippen LogP contribution in [0.4, 0.5) is 5.69 Å². The first-order valence-electron chi connectivity index (χ1n) is 5.65. The number of nitrogens with zero attached hydrogens (tertiary/aromatic N) is 1. The van der Waals surface area contributed by atoms with Crippen molar-refractivity contribution in [2.75, 3.05) is 0 Å². The third-order valence-electron chi connectivity index (χ3n) is 2.27. The van der Waals surface area contributed by atoms with Gasteiger partial charge in [0.1, 0.15) is 11.2 Å². The standard InChI is InChI=1S/C12H16N2O3S/c1-9(2)7-10(8-15)13-18-12-6-4-3-5-11(12)14(16)17/h3-6,8-10,13H,7H2,1-2H3/t10-/m0/s1. The summed E-state index contributed by atoms with van der Waals surface area (Å²) in [5.41, 5.74) is 0.0456.